The average molecular weight is 369 g/mol. The highest BCUT2D eigenvalue weighted by Crippen LogP contribution is 2.36. The van der Waals surface area contributed by atoms with E-state index < -0.39 is 36.1 Å². The van der Waals surface area contributed by atoms with Crippen molar-refractivity contribution in [2.45, 2.75) is 18.5 Å². The zero-order valence-electron chi connectivity index (χ0n) is 12.1. The fourth-order valence-corrected chi connectivity index (χ4v) is 1.68. The number of amides is 3. The third-order valence-corrected chi connectivity index (χ3v) is 2.84. The van der Waals surface area contributed by atoms with E-state index in [9.17, 15) is 35.9 Å². The molecule has 3 amide bonds. The number of ether oxygens (including phenoxy) is 1. The van der Waals surface area contributed by atoms with E-state index in [-0.39, 0.29) is 12.1 Å². The minimum Gasteiger partial charge on any atom is -0.430 e. The highest BCUT2D eigenvalue weighted by molar-refractivity contribution is 6.02. The standard InChI is InChI=1S/C13H9F6N3O3/c14-10(12(15,16)17)13(18,19)25-8-3-1-7(2-4-8)5-20-22-6-9(23)21-11(22)24/h1-5,10H,6H2,(H,21,23,24)/b20-5-/t10-/m0/s1. The zero-order valence-corrected chi connectivity index (χ0v) is 12.1. The summed E-state index contributed by atoms with van der Waals surface area (Å²) in [7, 11) is 0. The molecule has 2 rings (SSSR count). The molecule has 0 aromatic heterocycles. The first-order chi connectivity index (χ1) is 11.5. The van der Waals surface area contributed by atoms with Gasteiger partial charge in [-0.1, -0.05) is 0 Å². The Hall–Kier alpha value is -2.79. The van der Waals surface area contributed by atoms with E-state index in [0.717, 1.165) is 35.5 Å². The second-order valence-corrected chi connectivity index (χ2v) is 4.79. The van der Waals surface area contributed by atoms with E-state index in [0.29, 0.717) is 0 Å². The molecule has 0 unspecified atom stereocenters. The maximum atomic E-state index is 13.1. The fourth-order valence-electron chi connectivity index (χ4n) is 1.68. The largest absolute Gasteiger partial charge is 0.439 e. The van der Waals surface area contributed by atoms with Gasteiger partial charge in [-0.25, -0.2) is 14.2 Å². The van der Waals surface area contributed by atoms with Crippen molar-refractivity contribution in [1.29, 1.82) is 0 Å². The van der Waals surface area contributed by atoms with Crippen LogP contribution in [0.15, 0.2) is 29.4 Å². The molecule has 0 saturated carbocycles. The maximum Gasteiger partial charge on any atom is 0.439 e. The van der Waals surface area contributed by atoms with Crippen molar-refractivity contribution in [2.24, 2.45) is 5.10 Å². The molecule has 1 aliphatic rings. The van der Waals surface area contributed by atoms with Gasteiger partial charge >= 0.3 is 18.3 Å². The Labute approximate surface area is 136 Å². The SMILES string of the molecule is O=C1CN(/N=C\c2ccc(OC(F)(F)[C@@H](F)C(F)(F)F)cc2)C(=O)N1. The van der Waals surface area contributed by atoms with Gasteiger partial charge in [0.25, 0.3) is 6.17 Å². The first-order valence-electron chi connectivity index (χ1n) is 6.52. The average Bonchev–Trinajstić information content (AvgIpc) is 2.82. The maximum absolute atomic E-state index is 13.1. The van der Waals surface area contributed by atoms with E-state index in [4.69, 9.17) is 0 Å². The molecular formula is C13H9F6N3O3. The molecular weight excluding hydrogens is 360 g/mol. The number of rotatable bonds is 5. The zero-order chi connectivity index (χ0) is 18.8. The summed E-state index contributed by atoms with van der Waals surface area (Å²) in [5.41, 5.74) is 0.260. The van der Waals surface area contributed by atoms with Gasteiger partial charge in [-0.2, -0.15) is 27.1 Å². The van der Waals surface area contributed by atoms with Crippen molar-refractivity contribution < 1.29 is 40.7 Å². The van der Waals surface area contributed by atoms with Gasteiger partial charge in [0.2, 0.25) is 5.91 Å². The predicted octanol–water partition coefficient (Wildman–Crippen LogP) is 2.44. The molecule has 1 aliphatic heterocycles. The Kier molecular flexibility index (Phi) is 4.90. The highest BCUT2D eigenvalue weighted by atomic mass is 19.4. The lowest BCUT2D eigenvalue weighted by atomic mass is 10.2. The number of alkyl halides is 6. The lowest BCUT2D eigenvalue weighted by Gasteiger charge is -2.23. The molecule has 1 atom stereocenters. The Morgan fingerprint density at radius 2 is 1.76 bits per heavy atom. The van der Waals surface area contributed by atoms with Crippen LogP contribution in [0.5, 0.6) is 5.75 Å². The quantitative estimate of drug-likeness (QED) is 0.492. The van der Waals surface area contributed by atoms with Crippen LogP contribution in [0.2, 0.25) is 0 Å². The number of hydrogen-bond acceptors (Lipinski definition) is 4. The number of nitrogens with one attached hydrogen (secondary N) is 1. The Balaban J connectivity index is 2.02. The minimum atomic E-state index is -5.77. The normalized spacial score (nSPS) is 17.1. The molecule has 1 N–H and O–H groups in total. The van der Waals surface area contributed by atoms with Gasteiger partial charge in [0.15, 0.2) is 0 Å². The van der Waals surface area contributed by atoms with Crippen LogP contribution in [0.25, 0.3) is 0 Å². The van der Waals surface area contributed by atoms with Crippen LogP contribution in [0.3, 0.4) is 0 Å². The van der Waals surface area contributed by atoms with E-state index in [2.05, 4.69) is 9.84 Å². The van der Waals surface area contributed by atoms with Crippen molar-refractivity contribution in [3.63, 3.8) is 0 Å². The summed E-state index contributed by atoms with van der Waals surface area (Å²) >= 11 is 0. The summed E-state index contributed by atoms with van der Waals surface area (Å²) in [6.45, 7) is -0.294. The number of urea groups is 1. The van der Waals surface area contributed by atoms with Crippen LogP contribution in [-0.2, 0) is 4.79 Å². The van der Waals surface area contributed by atoms with Crippen LogP contribution in [0, 0.1) is 0 Å². The molecule has 25 heavy (non-hydrogen) atoms. The molecule has 1 saturated heterocycles. The number of benzene rings is 1. The molecule has 0 radical (unpaired) electrons. The molecule has 6 nitrogen and oxygen atoms in total. The van der Waals surface area contributed by atoms with E-state index in [1.807, 2.05) is 5.32 Å². The Bertz CT molecular complexity index is 689. The summed E-state index contributed by atoms with van der Waals surface area (Å²) in [5, 5.41) is 6.44. The molecule has 1 aromatic carbocycles. The van der Waals surface area contributed by atoms with E-state index >= 15 is 0 Å². The topological polar surface area (TPSA) is 71.0 Å². The lowest BCUT2D eigenvalue weighted by molar-refractivity contribution is -0.304. The Morgan fingerprint density at radius 1 is 1.16 bits per heavy atom. The summed E-state index contributed by atoms with van der Waals surface area (Å²) in [6.07, 6.45) is -14.2. The van der Waals surface area contributed by atoms with Crippen LogP contribution in [0.1, 0.15) is 5.56 Å². The molecule has 0 aliphatic carbocycles. The van der Waals surface area contributed by atoms with Crippen LogP contribution in [-0.4, -0.2) is 48.2 Å². The Morgan fingerprint density at radius 3 is 2.24 bits per heavy atom. The molecule has 1 heterocycles. The van der Waals surface area contributed by atoms with Crippen LogP contribution < -0.4 is 10.1 Å². The molecule has 0 spiro atoms. The molecule has 12 heteroatoms. The first kappa shape index (κ1) is 18.5. The van der Waals surface area contributed by atoms with Gasteiger partial charge in [0, 0.05) is 0 Å². The lowest BCUT2D eigenvalue weighted by Crippen LogP contribution is -2.45. The predicted molar refractivity (Wildman–Crippen MR) is 70.8 cm³/mol. The third-order valence-electron chi connectivity index (χ3n) is 2.84. The number of hydrogen-bond donors (Lipinski definition) is 1. The fraction of sp³-hybridized carbons (Fsp3) is 0.308. The summed E-state index contributed by atoms with van der Waals surface area (Å²) in [6, 6.07) is 3.25. The van der Waals surface area contributed by atoms with Gasteiger partial charge < -0.3 is 4.74 Å². The number of imide groups is 1. The monoisotopic (exact) mass is 369 g/mol. The van der Waals surface area contributed by atoms with Crippen LogP contribution >= 0.6 is 0 Å². The van der Waals surface area contributed by atoms with Crippen molar-refractivity contribution in [1.82, 2.24) is 10.3 Å². The molecule has 1 aromatic rings. The third kappa shape index (κ3) is 4.61. The summed E-state index contributed by atoms with van der Waals surface area (Å²) < 4.78 is 78.7. The van der Waals surface area contributed by atoms with Crippen molar-refractivity contribution >= 4 is 18.2 Å². The first-order valence-corrected chi connectivity index (χ1v) is 6.52. The number of nitrogens with zero attached hydrogens (tertiary/aromatic N) is 2. The summed E-state index contributed by atoms with van der Waals surface area (Å²) in [5.74, 6) is -1.26. The van der Waals surface area contributed by atoms with Crippen molar-refractivity contribution in [2.75, 3.05) is 6.54 Å². The second-order valence-electron chi connectivity index (χ2n) is 4.79. The van der Waals surface area contributed by atoms with Gasteiger partial charge in [-0.15, -0.1) is 0 Å². The molecule has 0 bridgehead atoms. The second kappa shape index (κ2) is 6.61. The smallest absolute Gasteiger partial charge is 0.430 e. The minimum absolute atomic E-state index is 0.260. The van der Waals surface area contributed by atoms with E-state index in [1.165, 1.54) is 0 Å². The van der Waals surface area contributed by atoms with Gasteiger partial charge in [-0.05, 0) is 29.8 Å². The van der Waals surface area contributed by atoms with E-state index in [1.54, 1.807) is 0 Å². The highest BCUT2D eigenvalue weighted by Gasteiger charge is 2.59. The summed E-state index contributed by atoms with van der Waals surface area (Å²) in [4.78, 5) is 22.1. The van der Waals surface area contributed by atoms with Crippen LogP contribution in [0.4, 0.5) is 31.1 Å². The van der Waals surface area contributed by atoms with Gasteiger partial charge in [-0.3, -0.25) is 10.1 Å². The number of halogens is 6. The number of carbonyl (C=O) groups excluding carboxylic acids is 2. The van der Waals surface area contributed by atoms with Crippen molar-refractivity contribution in [3.05, 3.63) is 29.8 Å². The van der Waals surface area contributed by atoms with Gasteiger partial charge in [0.1, 0.15) is 12.3 Å². The molecule has 136 valence electrons. The number of hydrazone groups is 1. The number of carbonyl (C=O) groups is 2. The van der Waals surface area contributed by atoms with Crippen molar-refractivity contribution in [3.8, 4) is 5.75 Å². The van der Waals surface area contributed by atoms with Gasteiger partial charge in [0.05, 0.1) is 6.21 Å². The molecule has 1 fully saturated rings.